The van der Waals surface area contributed by atoms with Gasteiger partial charge in [-0.15, -0.1) is 11.3 Å². The lowest BCUT2D eigenvalue weighted by Crippen LogP contribution is -1.75. The van der Waals surface area contributed by atoms with Crippen LogP contribution in [0.4, 0.5) is 0 Å². The van der Waals surface area contributed by atoms with Crippen molar-refractivity contribution < 1.29 is 4.42 Å². The second kappa shape index (κ2) is 4.37. The highest BCUT2D eigenvalue weighted by Crippen LogP contribution is 2.40. The Morgan fingerprint density at radius 3 is 2.38 bits per heavy atom. The van der Waals surface area contributed by atoms with E-state index in [9.17, 15) is 0 Å². The third kappa shape index (κ3) is 1.53. The Morgan fingerprint density at radius 2 is 1.42 bits per heavy atom. The van der Waals surface area contributed by atoms with Gasteiger partial charge in [-0.2, -0.15) is 0 Å². The molecule has 0 saturated carbocycles. The highest BCUT2D eigenvalue weighted by atomic mass is 32.1. The van der Waals surface area contributed by atoms with Crippen LogP contribution < -0.4 is 0 Å². The number of fused-ring (bicyclic) bond motifs is 8. The number of thiophene rings is 1. The van der Waals surface area contributed by atoms with Crippen LogP contribution in [0.1, 0.15) is 0 Å². The number of para-hydroxylation sites is 1. The van der Waals surface area contributed by atoms with Gasteiger partial charge in [0.25, 0.3) is 0 Å². The maximum Gasteiger partial charge on any atom is 0.136 e. The smallest absolute Gasteiger partial charge is 0.136 e. The van der Waals surface area contributed by atoms with Crippen molar-refractivity contribution in [3.05, 3.63) is 72.8 Å². The van der Waals surface area contributed by atoms with Crippen LogP contribution in [-0.4, -0.2) is 0 Å². The fourth-order valence-corrected chi connectivity index (χ4v) is 4.89. The summed E-state index contributed by atoms with van der Waals surface area (Å²) in [6, 6.07) is 25.9. The number of rotatable bonds is 0. The number of hydrogen-bond acceptors (Lipinski definition) is 2. The van der Waals surface area contributed by atoms with E-state index in [1.165, 1.54) is 41.7 Å². The summed E-state index contributed by atoms with van der Waals surface area (Å²) in [6.07, 6.45) is 0. The molecule has 0 aliphatic heterocycles. The van der Waals surface area contributed by atoms with Gasteiger partial charge in [0.1, 0.15) is 11.2 Å². The molecule has 0 N–H and O–H groups in total. The molecule has 0 fully saturated rings. The number of benzene rings is 4. The minimum Gasteiger partial charge on any atom is -0.456 e. The Balaban J connectivity index is 1.88. The summed E-state index contributed by atoms with van der Waals surface area (Å²) in [5.74, 6) is 0. The highest BCUT2D eigenvalue weighted by molar-refractivity contribution is 7.25. The van der Waals surface area contributed by atoms with Crippen molar-refractivity contribution in [2.45, 2.75) is 0 Å². The van der Waals surface area contributed by atoms with Gasteiger partial charge in [0.2, 0.25) is 0 Å². The molecule has 0 unspecified atom stereocenters. The molecule has 0 aliphatic carbocycles. The van der Waals surface area contributed by atoms with Gasteiger partial charge >= 0.3 is 0 Å². The largest absolute Gasteiger partial charge is 0.456 e. The predicted molar refractivity (Wildman–Crippen MR) is 104 cm³/mol. The molecule has 0 bridgehead atoms. The second-order valence-electron chi connectivity index (χ2n) is 6.20. The minimum atomic E-state index is 0.955. The molecule has 24 heavy (non-hydrogen) atoms. The quantitative estimate of drug-likeness (QED) is 0.290. The van der Waals surface area contributed by atoms with E-state index in [0.29, 0.717) is 0 Å². The third-order valence-corrected chi connectivity index (χ3v) is 5.99. The van der Waals surface area contributed by atoms with Gasteiger partial charge in [-0.3, -0.25) is 0 Å². The molecule has 0 aliphatic rings. The molecule has 1 nitrogen and oxygen atoms in total. The third-order valence-electron chi connectivity index (χ3n) is 4.86. The van der Waals surface area contributed by atoms with E-state index in [-0.39, 0.29) is 0 Å². The van der Waals surface area contributed by atoms with Crippen LogP contribution in [0.25, 0.3) is 52.9 Å². The molecule has 0 radical (unpaired) electrons. The molecule has 2 heterocycles. The van der Waals surface area contributed by atoms with Crippen molar-refractivity contribution >= 4 is 64.2 Å². The Hall–Kier alpha value is -2.84. The van der Waals surface area contributed by atoms with Crippen LogP contribution in [0.5, 0.6) is 0 Å². The van der Waals surface area contributed by atoms with E-state index in [4.69, 9.17) is 4.42 Å². The molecule has 0 amide bonds. The standard InChI is InChI=1S/C22H12OS/c1-3-7-18-15(6-1)22-16-12-21-17(11-13(16)9-10-19(22)23-18)14-5-2-4-8-20(14)24-21/h1-12H. The van der Waals surface area contributed by atoms with E-state index in [1.807, 2.05) is 23.5 Å². The van der Waals surface area contributed by atoms with E-state index in [1.54, 1.807) is 0 Å². The summed E-state index contributed by atoms with van der Waals surface area (Å²) >= 11 is 1.86. The van der Waals surface area contributed by atoms with Crippen LogP contribution in [0, 0.1) is 0 Å². The van der Waals surface area contributed by atoms with Gasteiger partial charge in [0.15, 0.2) is 0 Å². The van der Waals surface area contributed by atoms with Crippen LogP contribution in [-0.2, 0) is 0 Å². The molecular weight excluding hydrogens is 312 g/mol. The summed E-state index contributed by atoms with van der Waals surface area (Å²) in [7, 11) is 0. The van der Waals surface area contributed by atoms with Gasteiger partial charge in [0.05, 0.1) is 0 Å². The van der Waals surface area contributed by atoms with Crippen LogP contribution in [0.3, 0.4) is 0 Å². The topological polar surface area (TPSA) is 13.1 Å². The lowest BCUT2D eigenvalue weighted by molar-refractivity contribution is 0.669. The molecule has 0 spiro atoms. The first-order chi connectivity index (χ1) is 11.9. The summed E-state index contributed by atoms with van der Waals surface area (Å²) < 4.78 is 8.71. The Bertz CT molecular complexity index is 1400. The average Bonchev–Trinajstić information content (AvgIpc) is 3.17. The van der Waals surface area contributed by atoms with E-state index >= 15 is 0 Å². The predicted octanol–water partition coefficient (Wildman–Crippen LogP) is 7.11. The van der Waals surface area contributed by atoms with Crippen molar-refractivity contribution in [3.63, 3.8) is 0 Å². The highest BCUT2D eigenvalue weighted by Gasteiger charge is 2.12. The summed E-state index contributed by atoms with van der Waals surface area (Å²) in [5.41, 5.74) is 1.92. The van der Waals surface area contributed by atoms with Crippen molar-refractivity contribution in [1.29, 1.82) is 0 Å². The fraction of sp³-hybridized carbons (Fsp3) is 0. The molecule has 2 heteroatoms. The van der Waals surface area contributed by atoms with Gasteiger partial charge in [-0.05, 0) is 41.1 Å². The van der Waals surface area contributed by atoms with Crippen molar-refractivity contribution in [2.24, 2.45) is 0 Å². The van der Waals surface area contributed by atoms with Crippen molar-refractivity contribution in [1.82, 2.24) is 0 Å². The Morgan fingerprint density at radius 1 is 0.583 bits per heavy atom. The number of hydrogen-bond donors (Lipinski definition) is 0. The molecule has 6 aromatic rings. The lowest BCUT2D eigenvalue weighted by atomic mass is 10.0. The van der Waals surface area contributed by atoms with E-state index in [2.05, 4.69) is 60.7 Å². The molecule has 112 valence electrons. The average molecular weight is 324 g/mol. The van der Waals surface area contributed by atoms with Gasteiger partial charge in [-0.1, -0.05) is 42.5 Å². The molecule has 0 atom stereocenters. The minimum absolute atomic E-state index is 0.955. The SMILES string of the molecule is c1ccc2c(c1)oc1ccc3cc4c(cc3c12)sc1ccccc14. The maximum absolute atomic E-state index is 6.03. The zero-order valence-corrected chi connectivity index (χ0v) is 13.6. The summed E-state index contributed by atoms with van der Waals surface area (Å²) in [4.78, 5) is 0. The van der Waals surface area contributed by atoms with E-state index in [0.717, 1.165) is 11.2 Å². The first-order valence-electron chi connectivity index (χ1n) is 8.04. The Labute approximate surface area is 141 Å². The van der Waals surface area contributed by atoms with Crippen molar-refractivity contribution in [2.75, 3.05) is 0 Å². The van der Waals surface area contributed by atoms with Crippen LogP contribution in [0.15, 0.2) is 77.2 Å². The first kappa shape index (κ1) is 12.6. The normalized spacial score (nSPS) is 12.2. The monoisotopic (exact) mass is 324 g/mol. The molecule has 4 aromatic carbocycles. The number of furan rings is 1. The van der Waals surface area contributed by atoms with Crippen molar-refractivity contribution in [3.8, 4) is 0 Å². The first-order valence-corrected chi connectivity index (χ1v) is 8.85. The zero-order chi connectivity index (χ0) is 15.7. The van der Waals surface area contributed by atoms with Gasteiger partial charge < -0.3 is 4.42 Å². The molecule has 2 aromatic heterocycles. The van der Waals surface area contributed by atoms with Gasteiger partial charge in [0, 0.05) is 30.9 Å². The second-order valence-corrected chi connectivity index (χ2v) is 7.29. The van der Waals surface area contributed by atoms with Crippen LogP contribution >= 0.6 is 11.3 Å². The lowest BCUT2D eigenvalue weighted by Gasteiger charge is -2.01. The van der Waals surface area contributed by atoms with Gasteiger partial charge in [-0.25, -0.2) is 0 Å². The molecule has 6 rings (SSSR count). The van der Waals surface area contributed by atoms with Crippen LogP contribution in [0.2, 0.25) is 0 Å². The summed E-state index contributed by atoms with van der Waals surface area (Å²) in [5, 5.41) is 7.65. The fourth-order valence-electron chi connectivity index (χ4n) is 3.77. The zero-order valence-electron chi connectivity index (χ0n) is 12.7. The summed E-state index contributed by atoms with van der Waals surface area (Å²) in [6.45, 7) is 0. The Kier molecular flexibility index (Phi) is 2.29. The molecular formula is C22H12OS. The molecule has 0 saturated heterocycles. The maximum atomic E-state index is 6.03. The van der Waals surface area contributed by atoms with E-state index < -0.39 is 0 Å².